The van der Waals surface area contributed by atoms with E-state index >= 15 is 0 Å². The maximum absolute atomic E-state index is 14.1. The molecule has 1 unspecified atom stereocenters. The van der Waals surface area contributed by atoms with Crippen LogP contribution in [0.4, 0.5) is 17.6 Å². The number of fused-ring (bicyclic) bond motifs is 1. The summed E-state index contributed by atoms with van der Waals surface area (Å²) in [5, 5.41) is 13.2. The number of nitrogens with one attached hydrogen (secondary N) is 1. The highest BCUT2D eigenvalue weighted by molar-refractivity contribution is 5.84. The van der Waals surface area contributed by atoms with Crippen LogP contribution in [0.3, 0.4) is 0 Å². The monoisotopic (exact) mass is 525 g/mol. The van der Waals surface area contributed by atoms with Gasteiger partial charge in [0.1, 0.15) is 34.4 Å². The SMILES string of the molecule is C[C@H](Nc1nc(N)nc(N)c1C#N)c1nc2cccc(OCCC3CCCN3C)c2c(=O)n1-c1ccccc1. The molecule has 2 atom stereocenters. The van der Waals surface area contributed by atoms with Crippen LogP contribution < -0.4 is 27.1 Å². The van der Waals surface area contributed by atoms with Gasteiger partial charge in [0.15, 0.2) is 5.82 Å². The van der Waals surface area contributed by atoms with E-state index in [1.807, 2.05) is 55.5 Å². The Hall–Kier alpha value is -4.69. The number of nitrogen functional groups attached to an aromatic ring is 2. The third kappa shape index (κ3) is 5.19. The fraction of sp³-hybridized carbons (Fsp3) is 0.321. The zero-order valence-electron chi connectivity index (χ0n) is 22.0. The largest absolute Gasteiger partial charge is 0.493 e. The van der Waals surface area contributed by atoms with Gasteiger partial charge < -0.3 is 26.4 Å². The first-order chi connectivity index (χ1) is 18.9. The summed E-state index contributed by atoms with van der Waals surface area (Å²) in [6.07, 6.45) is 3.24. The van der Waals surface area contributed by atoms with E-state index in [2.05, 4.69) is 27.2 Å². The highest BCUT2D eigenvalue weighted by Crippen LogP contribution is 2.28. The molecule has 0 aliphatic carbocycles. The summed E-state index contributed by atoms with van der Waals surface area (Å²) in [6, 6.07) is 16.6. The first kappa shape index (κ1) is 25.9. The number of aromatic nitrogens is 4. The highest BCUT2D eigenvalue weighted by atomic mass is 16.5. The Labute approximate surface area is 226 Å². The van der Waals surface area contributed by atoms with Crippen molar-refractivity contribution >= 4 is 28.5 Å². The Morgan fingerprint density at radius 3 is 2.67 bits per heavy atom. The minimum absolute atomic E-state index is 0.0304. The molecule has 4 aromatic rings. The van der Waals surface area contributed by atoms with Gasteiger partial charge in [-0.05, 0) is 64.0 Å². The van der Waals surface area contributed by atoms with Gasteiger partial charge in [0.2, 0.25) is 5.95 Å². The van der Waals surface area contributed by atoms with Gasteiger partial charge in [-0.2, -0.15) is 15.2 Å². The van der Waals surface area contributed by atoms with E-state index < -0.39 is 6.04 Å². The second-order valence-corrected chi connectivity index (χ2v) is 9.68. The van der Waals surface area contributed by atoms with Gasteiger partial charge in [-0.1, -0.05) is 24.3 Å². The smallest absolute Gasteiger partial charge is 0.269 e. The quantitative estimate of drug-likeness (QED) is 0.311. The predicted molar refractivity (Wildman–Crippen MR) is 151 cm³/mol. The summed E-state index contributed by atoms with van der Waals surface area (Å²) < 4.78 is 7.73. The maximum Gasteiger partial charge on any atom is 0.269 e. The number of rotatable bonds is 8. The zero-order chi connectivity index (χ0) is 27.5. The molecular formula is C28H31N9O2. The van der Waals surface area contributed by atoms with Gasteiger partial charge in [0.25, 0.3) is 5.56 Å². The average molecular weight is 526 g/mol. The summed E-state index contributed by atoms with van der Waals surface area (Å²) >= 11 is 0. The molecule has 1 saturated heterocycles. The number of benzene rings is 2. The van der Waals surface area contributed by atoms with Crippen LogP contribution in [0.2, 0.25) is 0 Å². The predicted octanol–water partition coefficient (Wildman–Crippen LogP) is 3.25. The van der Waals surface area contributed by atoms with Gasteiger partial charge in [0.05, 0.1) is 23.9 Å². The molecule has 0 bridgehead atoms. The summed E-state index contributed by atoms with van der Waals surface area (Å²) in [6.45, 7) is 3.43. The van der Waals surface area contributed by atoms with Crippen molar-refractivity contribution < 1.29 is 4.74 Å². The minimum Gasteiger partial charge on any atom is -0.493 e. The molecule has 1 aliphatic rings. The van der Waals surface area contributed by atoms with E-state index in [4.69, 9.17) is 21.2 Å². The lowest BCUT2D eigenvalue weighted by Crippen LogP contribution is -2.28. The number of anilines is 3. The first-order valence-electron chi connectivity index (χ1n) is 12.9. The van der Waals surface area contributed by atoms with Gasteiger partial charge in [-0.25, -0.2) is 4.98 Å². The van der Waals surface area contributed by atoms with E-state index in [9.17, 15) is 10.1 Å². The third-order valence-corrected chi connectivity index (χ3v) is 7.09. The Kier molecular flexibility index (Phi) is 7.29. The van der Waals surface area contributed by atoms with Crippen LogP contribution in [-0.4, -0.2) is 50.7 Å². The lowest BCUT2D eigenvalue weighted by Gasteiger charge is -2.22. The maximum atomic E-state index is 14.1. The second-order valence-electron chi connectivity index (χ2n) is 9.68. The lowest BCUT2D eigenvalue weighted by atomic mass is 10.1. The van der Waals surface area contributed by atoms with Crippen molar-refractivity contribution in [1.29, 1.82) is 5.26 Å². The Bertz CT molecular complexity index is 1600. The molecule has 39 heavy (non-hydrogen) atoms. The number of nitrogens with two attached hydrogens (primary N) is 2. The molecule has 5 N–H and O–H groups in total. The number of ether oxygens (including phenoxy) is 1. The molecule has 2 aromatic carbocycles. The zero-order valence-corrected chi connectivity index (χ0v) is 22.0. The van der Waals surface area contributed by atoms with Crippen LogP contribution in [0.15, 0.2) is 53.3 Å². The van der Waals surface area contributed by atoms with E-state index in [1.54, 1.807) is 10.6 Å². The van der Waals surface area contributed by atoms with Crippen LogP contribution in [-0.2, 0) is 0 Å². The van der Waals surface area contributed by atoms with Gasteiger partial charge in [0, 0.05) is 6.04 Å². The van der Waals surface area contributed by atoms with Crippen molar-refractivity contribution in [3.63, 3.8) is 0 Å². The summed E-state index contributed by atoms with van der Waals surface area (Å²) in [5.74, 6) is 0.988. The molecule has 11 heteroatoms. The molecule has 0 radical (unpaired) electrons. The molecule has 1 aliphatic heterocycles. The molecule has 200 valence electrons. The number of likely N-dealkylation sites (tertiary alicyclic amines) is 1. The van der Waals surface area contributed by atoms with Crippen molar-refractivity contribution in [3.05, 3.63) is 70.3 Å². The molecule has 11 nitrogen and oxygen atoms in total. The van der Waals surface area contributed by atoms with Gasteiger partial charge in [-0.3, -0.25) is 9.36 Å². The minimum atomic E-state index is -0.564. The number of nitrogens with zero attached hydrogens (tertiary/aromatic N) is 6. The van der Waals surface area contributed by atoms with Gasteiger partial charge in [-0.15, -0.1) is 0 Å². The lowest BCUT2D eigenvalue weighted by molar-refractivity contribution is 0.234. The number of hydrogen-bond acceptors (Lipinski definition) is 10. The molecule has 3 heterocycles. The fourth-order valence-corrected chi connectivity index (χ4v) is 5.08. The van der Waals surface area contributed by atoms with Crippen LogP contribution in [0.25, 0.3) is 16.6 Å². The molecule has 1 fully saturated rings. The van der Waals surface area contributed by atoms with Crippen molar-refractivity contribution in [1.82, 2.24) is 24.4 Å². The Morgan fingerprint density at radius 1 is 1.15 bits per heavy atom. The number of nitriles is 1. The molecule has 2 aromatic heterocycles. The van der Waals surface area contributed by atoms with Crippen LogP contribution in [0, 0.1) is 11.3 Å². The third-order valence-electron chi connectivity index (χ3n) is 7.09. The fourth-order valence-electron chi connectivity index (χ4n) is 5.08. The van der Waals surface area contributed by atoms with Crippen molar-refractivity contribution in [2.75, 3.05) is 37.0 Å². The van der Waals surface area contributed by atoms with Gasteiger partial charge >= 0.3 is 0 Å². The van der Waals surface area contributed by atoms with Crippen LogP contribution >= 0.6 is 0 Å². The number of hydrogen-bond donors (Lipinski definition) is 3. The van der Waals surface area contributed by atoms with Crippen molar-refractivity contribution in [2.45, 2.75) is 38.3 Å². The Morgan fingerprint density at radius 2 is 1.95 bits per heavy atom. The van der Waals surface area contributed by atoms with E-state index in [-0.39, 0.29) is 28.7 Å². The van der Waals surface area contributed by atoms with Crippen LogP contribution in [0.5, 0.6) is 5.75 Å². The van der Waals surface area contributed by atoms with E-state index in [0.717, 1.165) is 19.4 Å². The van der Waals surface area contributed by atoms with Crippen molar-refractivity contribution in [2.24, 2.45) is 0 Å². The topological polar surface area (TPSA) is 161 Å². The molecule has 0 saturated carbocycles. The van der Waals surface area contributed by atoms with Crippen molar-refractivity contribution in [3.8, 4) is 17.5 Å². The summed E-state index contributed by atoms with van der Waals surface area (Å²) in [7, 11) is 2.14. The molecular weight excluding hydrogens is 494 g/mol. The van der Waals surface area contributed by atoms with E-state index in [1.165, 1.54) is 6.42 Å². The standard InChI is InChI=1S/C28H31N9O2/c1-17(32-25-20(16-29)24(30)34-28(31)35-25)26-33-21-11-6-12-22(39-15-13-18-10-7-14-36(18)2)23(21)27(38)37(26)19-8-4-3-5-9-19/h3-6,8-9,11-12,17-18H,7,10,13-15H2,1-2H3,(H5,30,31,32,34,35)/t17-,18?/m0/s1. The molecule has 5 rings (SSSR count). The Balaban J connectivity index is 1.57. The highest BCUT2D eigenvalue weighted by Gasteiger charge is 2.23. The number of para-hydroxylation sites is 1. The summed E-state index contributed by atoms with van der Waals surface area (Å²) in [5.41, 5.74) is 12.6. The average Bonchev–Trinajstić information content (AvgIpc) is 3.33. The van der Waals surface area contributed by atoms with Crippen LogP contribution in [0.1, 0.15) is 43.6 Å². The molecule has 0 amide bonds. The first-order valence-corrected chi connectivity index (χ1v) is 12.9. The van der Waals surface area contributed by atoms with E-state index in [0.29, 0.717) is 40.8 Å². The second kappa shape index (κ2) is 11.0. The summed E-state index contributed by atoms with van der Waals surface area (Å²) in [4.78, 5) is 29.4. The molecule has 0 spiro atoms. The normalized spacial score (nSPS) is 16.2.